The van der Waals surface area contributed by atoms with Crippen LogP contribution in [0, 0.1) is 23.7 Å². The number of carbonyl (C=O) groups excluding carboxylic acids is 1. The van der Waals surface area contributed by atoms with Crippen molar-refractivity contribution in [3.63, 3.8) is 0 Å². The highest BCUT2D eigenvalue weighted by Gasteiger charge is 2.50. The van der Waals surface area contributed by atoms with Gasteiger partial charge in [-0.3, -0.25) is 9.69 Å². The van der Waals surface area contributed by atoms with Crippen LogP contribution in [0.1, 0.15) is 41.8 Å². The molecule has 4 heteroatoms. The third kappa shape index (κ3) is 2.45. The molecule has 6 rings (SSSR count). The van der Waals surface area contributed by atoms with E-state index in [9.17, 15) is 4.79 Å². The van der Waals surface area contributed by atoms with Crippen molar-refractivity contribution in [1.82, 2.24) is 9.80 Å². The van der Waals surface area contributed by atoms with Gasteiger partial charge in [0.05, 0.1) is 4.88 Å². The van der Waals surface area contributed by atoms with Crippen molar-refractivity contribution in [3.8, 4) is 0 Å². The van der Waals surface area contributed by atoms with E-state index in [2.05, 4.69) is 9.80 Å². The van der Waals surface area contributed by atoms with Gasteiger partial charge in [-0.05, 0) is 67.2 Å². The Labute approximate surface area is 142 Å². The fourth-order valence-corrected chi connectivity index (χ4v) is 6.96. The highest BCUT2D eigenvalue weighted by molar-refractivity contribution is 7.12. The first kappa shape index (κ1) is 14.5. The maximum atomic E-state index is 12.5. The Morgan fingerprint density at radius 2 is 1.61 bits per heavy atom. The Hall–Kier alpha value is -0.870. The minimum Gasteiger partial charge on any atom is -0.335 e. The van der Waals surface area contributed by atoms with Crippen LogP contribution in [-0.4, -0.2) is 47.9 Å². The minimum atomic E-state index is 0.240. The summed E-state index contributed by atoms with van der Waals surface area (Å²) in [6.07, 6.45) is 7.50. The summed E-state index contributed by atoms with van der Waals surface area (Å²) in [5, 5.41) is 2.00. The molecule has 5 fully saturated rings. The molecule has 3 nitrogen and oxygen atoms in total. The SMILES string of the molecule is O=C(c1cccs1)N1CCN(C2C3CC4CC(C3)CC2C4)CC1. The van der Waals surface area contributed by atoms with Gasteiger partial charge in [-0.1, -0.05) is 6.07 Å². The van der Waals surface area contributed by atoms with Crippen LogP contribution in [-0.2, 0) is 0 Å². The van der Waals surface area contributed by atoms with Gasteiger partial charge in [0, 0.05) is 32.2 Å². The van der Waals surface area contributed by atoms with Gasteiger partial charge in [0.2, 0.25) is 0 Å². The van der Waals surface area contributed by atoms with E-state index in [4.69, 9.17) is 0 Å². The summed E-state index contributed by atoms with van der Waals surface area (Å²) >= 11 is 1.57. The van der Waals surface area contributed by atoms with Crippen LogP contribution in [0.5, 0.6) is 0 Å². The molecule has 1 aromatic rings. The van der Waals surface area contributed by atoms with E-state index >= 15 is 0 Å². The zero-order valence-corrected chi connectivity index (χ0v) is 14.5. The van der Waals surface area contributed by atoms with E-state index in [0.29, 0.717) is 0 Å². The molecule has 1 saturated heterocycles. The molecule has 23 heavy (non-hydrogen) atoms. The highest BCUT2D eigenvalue weighted by Crippen LogP contribution is 2.55. The van der Waals surface area contributed by atoms with Gasteiger partial charge in [-0.15, -0.1) is 11.3 Å². The maximum Gasteiger partial charge on any atom is 0.264 e. The number of nitrogens with zero attached hydrogens (tertiary/aromatic N) is 2. The molecule has 0 atom stereocenters. The zero-order valence-electron chi connectivity index (χ0n) is 13.7. The molecule has 124 valence electrons. The zero-order chi connectivity index (χ0) is 15.4. The van der Waals surface area contributed by atoms with Gasteiger partial charge in [0.25, 0.3) is 5.91 Å². The average Bonchev–Trinajstić information content (AvgIpc) is 3.08. The lowest BCUT2D eigenvalue weighted by Crippen LogP contribution is -2.60. The summed E-state index contributed by atoms with van der Waals surface area (Å²) < 4.78 is 0. The summed E-state index contributed by atoms with van der Waals surface area (Å²) in [5.41, 5.74) is 0. The van der Waals surface area contributed by atoms with Crippen LogP contribution in [0.4, 0.5) is 0 Å². The first-order chi connectivity index (χ1) is 11.3. The Morgan fingerprint density at radius 1 is 0.957 bits per heavy atom. The van der Waals surface area contributed by atoms with E-state index in [1.54, 1.807) is 11.3 Å². The van der Waals surface area contributed by atoms with Crippen molar-refractivity contribution in [3.05, 3.63) is 22.4 Å². The van der Waals surface area contributed by atoms with E-state index in [-0.39, 0.29) is 5.91 Å². The molecule has 0 unspecified atom stereocenters. The lowest BCUT2D eigenvalue weighted by molar-refractivity contribution is -0.0743. The van der Waals surface area contributed by atoms with E-state index in [1.165, 1.54) is 32.1 Å². The Morgan fingerprint density at radius 3 is 2.17 bits per heavy atom. The van der Waals surface area contributed by atoms with Crippen LogP contribution in [0.25, 0.3) is 0 Å². The number of rotatable bonds is 2. The summed E-state index contributed by atoms with van der Waals surface area (Å²) in [6.45, 7) is 4.01. The van der Waals surface area contributed by atoms with Crippen LogP contribution in [0.3, 0.4) is 0 Å². The maximum absolute atomic E-state index is 12.5. The second-order valence-electron chi connectivity index (χ2n) is 8.23. The molecule has 4 saturated carbocycles. The average molecular weight is 330 g/mol. The first-order valence-corrected chi connectivity index (χ1v) is 10.2. The van der Waals surface area contributed by atoms with Crippen molar-refractivity contribution < 1.29 is 4.79 Å². The van der Waals surface area contributed by atoms with Gasteiger partial charge in [0.15, 0.2) is 0 Å². The quantitative estimate of drug-likeness (QED) is 0.830. The predicted molar refractivity (Wildman–Crippen MR) is 92.6 cm³/mol. The van der Waals surface area contributed by atoms with Gasteiger partial charge in [0.1, 0.15) is 0 Å². The Balaban J connectivity index is 1.24. The van der Waals surface area contributed by atoms with E-state index in [0.717, 1.165) is 60.8 Å². The van der Waals surface area contributed by atoms with Crippen molar-refractivity contribution in [2.24, 2.45) is 23.7 Å². The summed E-state index contributed by atoms with van der Waals surface area (Å²) in [5.74, 6) is 4.27. The third-order valence-corrected chi connectivity index (χ3v) is 7.79. The van der Waals surface area contributed by atoms with Crippen LogP contribution < -0.4 is 0 Å². The lowest BCUT2D eigenvalue weighted by Gasteiger charge is -2.58. The Bertz CT molecular complexity index is 548. The van der Waals surface area contributed by atoms with E-state index < -0.39 is 0 Å². The molecule has 4 bridgehead atoms. The lowest BCUT2D eigenvalue weighted by atomic mass is 9.54. The molecular formula is C19H26N2OS. The third-order valence-electron chi connectivity index (χ3n) is 6.93. The second kappa shape index (κ2) is 5.59. The molecule has 2 heterocycles. The number of amides is 1. The number of hydrogen-bond acceptors (Lipinski definition) is 3. The van der Waals surface area contributed by atoms with Gasteiger partial charge in [-0.25, -0.2) is 0 Å². The predicted octanol–water partition coefficient (Wildman–Crippen LogP) is 3.33. The number of thiophene rings is 1. The molecule has 5 aliphatic rings. The first-order valence-electron chi connectivity index (χ1n) is 9.35. The minimum absolute atomic E-state index is 0.240. The number of hydrogen-bond donors (Lipinski definition) is 0. The normalized spacial score (nSPS) is 39.8. The fourth-order valence-electron chi connectivity index (χ4n) is 6.27. The van der Waals surface area contributed by atoms with Crippen molar-refractivity contribution in [2.45, 2.75) is 38.1 Å². The van der Waals surface area contributed by atoms with Crippen LogP contribution in [0.2, 0.25) is 0 Å². The molecule has 0 spiro atoms. The molecule has 1 aromatic heterocycles. The van der Waals surface area contributed by atoms with E-state index in [1.807, 2.05) is 17.5 Å². The van der Waals surface area contributed by atoms with Gasteiger partial charge < -0.3 is 4.90 Å². The van der Waals surface area contributed by atoms with Crippen LogP contribution >= 0.6 is 11.3 Å². The van der Waals surface area contributed by atoms with Crippen molar-refractivity contribution >= 4 is 17.2 Å². The summed E-state index contributed by atoms with van der Waals surface area (Å²) in [4.78, 5) is 18.2. The van der Waals surface area contributed by atoms with Crippen molar-refractivity contribution in [1.29, 1.82) is 0 Å². The second-order valence-corrected chi connectivity index (χ2v) is 9.17. The Kier molecular flexibility index (Phi) is 3.52. The summed E-state index contributed by atoms with van der Waals surface area (Å²) in [7, 11) is 0. The molecule has 0 radical (unpaired) electrons. The van der Waals surface area contributed by atoms with Crippen LogP contribution in [0.15, 0.2) is 17.5 Å². The molecule has 1 aliphatic heterocycles. The number of carbonyl (C=O) groups is 1. The molecule has 1 amide bonds. The molecule has 0 aromatic carbocycles. The van der Waals surface area contributed by atoms with Gasteiger partial charge >= 0.3 is 0 Å². The largest absolute Gasteiger partial charge is 0.335 e. The smallest absolute Gasteiger partial charge is 0.264 e. The fraction of sp³-hybridized carbons (Fsp3) is 0.737. The molecule has 4 aliphatic carbocycles. The number of piperazine rings is 1. The standard InChI is InChI=1S/C19H26N2OS/c22-19(17-2-1-7-23-17)21-5-3-20(4-6-21)18-15-9-13-8-14(11-15)12-16(18)10-13/h1-2,7,13-16,18H,3-6,8-12H2. The van der Waals surface area contributed by atoms with Gasteiger partial charge in [-0.2, -0.15) is 0 Å². The highest BCUT2D eigenvalue weighted by atomic mass is 32.1. The molecular weight excluding hydrogens is 304 g/mol. The monoisotopic (exact) mass is 330 g/mol. The molecule has 0 N–H and O–H groups in total. The van der Waals surface area contributed by atoms with Crippen molar-refractivity contribution in [2.75, 3.05) is 26.2 Å². The summed E-state index contributed by atoms with van der Waals surface area (Å²) in [6, 6.07) is 4.77. The topological polar surface area (TPSA) is 23.6 Å².